The summed E-state index contributed by atoms with van der Waals surface area (Å²) in [6.45, 7) is 4.17. The maximum atomic E-state index is 11.0. The number of amides is 1. The van der Waals surface area contributed by atoms with Gasteiger partial charge in [0.15, 0.2) is 0 Å². The molecule has 1 aromatic rings. The second-order valence-electron chi connectivity index (χ2n) is 4.04. The molecule has 4 heteroatoms. The lowest BCUT2D eigenvalue weighted by molar-refractivity contribution is -0.119. The lowest BCUT2D eigenvalue weighted by atomic mass is 9.98. The number of rotatable bonds is 4. The third-order valence-electron chi connectivity index (χ3n) is 2.57. The number of methoxy groups -OCH3 is 1. The monoisotopic (exact) mass is 222 g/mol. The maximum Gasteiger partial charge on any atom is 0.239 e. The molecule has 0 spiro atoms. The molecule has 0 aromatic heterocycles. The lowest BCUT2D eigenvalue weighted by Crippen LogP contribution is -2.28. The van der Waals surface area contributed by atoms with Gasteiger partial charge in [-0.05, 0) is 17.5 Å². The Morgan fingerprint density at radius 2 is 2.00 bits per heavy atom. The van der Waals surface area contributed by atoms with Crippen LogP contribution in [-0.4, -0.2) is 13.0 Å². The third kappa shape index (κ3) is 2.52. The number of carbonyl (C=O) groups is 1. The van der Waals surface area contributed by atoms with Gasteiger partial charge >= 0.3 is 0 Å². The van der Waals surface area contributed by atoms with Crippen molar-refractivity contribution in [1.29, 1.82) is 0 Å². The van der Waals surface area contributed by atoms with E-state index in [-0.39, 0.29) is 0 Å². The van der Waals surface area contributed by atoms with Crippen molar-refractivity contribution >= 4 is 5.91 Å². The van der Waals surface area contributed by atoms with Crippen LogP contribution in [0.15, 0.2) is 18.2 Å². The molecule has 4 nitrogen and oxygen atoms in total. The molecule has 0 aliphatic rings. The van der Waals surface area contributed by atoms with Crippen LogP contribution in [0.1, 0.15) is 36.9 Å². The first kappa shape index (κ1) is 12.5. The van der Waals surface area contributed by atoms with E-state index in [0.29, 0.717) is 17.2 Å². The first-order valence-corrected chi connectivity index (χ1v) is 5.20. The average Bonchev–Trinajstić information content (AvgIpc) is 2.26. The van der Waals surface area contributed by atoms with Gasteiger partial charge in [0.25, 0.3) is 0 Å². The maximum absolute atomic E-state index is 11.0. The summed E-state index contributed by atoms with van der Waals surface area (Å²) >= 11 is 0. The summed E-state index contributed by atoms with van der Waals surface area (Å²) in [6.07, 6.45) is 0. The van der Waals surface area contributed by atoms with Crippen LogP contribution in [0, 0.1) is 0 Å². The Hall–Kier alpha value is -1.55. The van der Waals surface area contributed by atoms with Crippen LogP contribution >= 0.6 is 0 Å². The molecule has 0 aliphatic heterocycles. The highest BCUT2D eigenvalue weighted by Gasteiger charge is 2.17. The van der Waals surface area contributed by atoms with E-state index in [0.717, 1.165) is 5.56 Å². The van der Waals surface area contributed by atoms with Crippen molar-refractivity contribution in [1.82, 2.24) is 0 Å². The summed E-state index contributed by atoms with van der Waals surface area (Å²) in [5, 5.41) is 0. The largest absolute Gasteiger partial charge is 0.496 e. The van der Waals surface area contributed by atoms with Gasteiger partial charge in [0.2, 0.25) is 5.91 Å². The fraction of sp³-hybridized carbons (Fsp3) is 0.417. The number of nitrogens with two attached hydrogens (primary N) is 2. The quantitative estimate of drug-likeness (QED) is 0.806. The Balaban J connectivity index is 3.16. The van der Waals surface area contributed by atoms with E-state index in [1.165, 1.54) is 0 Å². The van der Waals surface area contributed by atoms with Gasteiger partial charge in [-0.25, -0.2) is 0 Å². The van der Waals surface area contributed by atoms with Crippen molar-refractivity contribution in [2.24, 2.45) is 11.5 Å². The summed E-state index contributed by atoms with van der Waals surface area (Å²) in [6, 6.07) is 4.80. The van der Waals surface area contributed by atoms with Crippen molar-refractivity contribution in [3.8, 4) is 5.75 Å². The van der Waals surface area contributed by atoms with Gasteiger partial charge in [-0.15, -0.1) is 0 Å². The molecule has 0 saturated heterocycles. The third-order valence-corrected chi connectivity index (χ3v) is 2.57. The molecule has 0 fully saturated rings. The van der Waals surface area contributed by atoms with E-state index < -0.39 is 11.9 Å². The fourth-order valence-electron chi connectivity index (χ4n) is 1.50. The van der Waals surface area contributed by atoms with Crippen LogP contribution in [-0.2, 0) is 4.79 Å². The second kappa shape index (κ2) is 4.99. The number of carbonyl (C=O) groups excluding carboxylic acids is 1. The number of hydrogen-bond donors (Lipinski definition) is 2. The molecule has 88 valence electrons. The highest BCUT2D eigenvalue weighted by molar-refractivity contribution is 5.82. The SMILES string of the molecule is COc1cc(C(C)C)ccc1C(N)C(N)=O. The van der Waals surface area contributed by atoms with Crippen molar-refractivity contribution in [3.63, 3.8) is 0 Å². The fourth-order valence-corrected chi connectivity index (χ4v) is 1.50. The van der Waals surface area contributed by atoms with Crippen LogP contribution in [0.4, 0.5) is 0 Å². The van der Waals surface area contributed by atoms with Crippen molar-refractivity contribution in [3.05, 3.63) is 29.3 Å². The van der Waals surface area contributed by atoms with Crippen LogP contribution in [0.5, 0.6) is 5.75 Å². The Morgan fingerprint density at radius 3 is 2.44 bits per heavy atom. The topological polar surface area (TPSA) is 78.3 Å². The minimum Gasteiger partial charge on any atom is -0.496 e. The summed E-state index contributed by atoms with van der Waals surface area (Å²) in [5.41, 5.74) is 12.6. The van der Waals surface area contributed by atoms with Gasteiger partial charge < -0.3 is 16.2 Å². The normalized spacial score (nSPS) is 12.6. The molecule has 4 N–H and O–H groups in total. The first-order valence-electron chi connectivity index (χ1n) is 5.20. The molecular formula is C12H18N2O2. The van der Waals surface area contributed by atoms with Crippen LogP contribution in [0.25, 0.3) is 0 Å². The highest BCUT2D eigenvalue weighted by Crippen LogP contribution is 2.28. The Bertz CT molecular complexity index is 389. The standard InChI is InChI=1S/C12H18N2O2/c1-7(2)8-4-5-9(10(6-8)16-3)11(13)12(14)15/h4-7,11H,13H2,1-3H3,(H2,14,15). The van der Waals surface area contributed by atoms with Crippen LogP contribution < -0.4 is 16.2 Å². The summed E-state index contributed by atoms with van der Waals surface area (Å²) in [4.78, 5) is 11.0. The summed E-state index contributed by atoms with van der Waals surface area (Å²) in [7, 11) is 1.55. The zero-order valence-electron chi connectivity index (χ0n) is 9.86. The molecule has 1 rings (SSSR count). The predicted molar refractivity (Wildman–Crippen MR) is 63.2 cm³/mol. The smallest absolute Gasteiger partial charge is 0.239 e. The molecule has 1 amide bonds. The molecule has 16 heavy (non-hydrogen) atoms. The predicted octanol–water partition coefficient (Wildman–Crippen LogP) is 1.30. The average molecular weight is 222 g/mol. The van der Waals surface area contributed by atoms with E-state index in [9.17, 15) is 4.79 Å². The minimum atomic E-state index is -0.823. The highest BCUT2D eigenvalue weighted by atomic mass is 16.5. The van der Waals surface area contributed by atoms with Gasteiger partial charge in [-0.3, -0.25) is 4.79 Å². The number of primary amides is 1. The van der Waals surface area contributed by atoms with Gasteiger partial charge in [0.05, 0.1) is 7.11 Å². The Kier molecular flexibility index (Phi) is 3.90. The molecule has 1 atom stereocenters. The molecule has 1 aromatic carbocycles. The zero-order chi connectivity index (χ0) is 12.3. The van der Waals surface area contributed by atoms with Crippen LogP contribution in [0.2, 0.25) is 0 Å². The number of ether oxygens (including phenoxy) is 1. The van der Waals surface area contributed by atoms with Gasteiger partial charge in [-0.1, -0.05) is 26.0 Å². The van der Waals surface area contributed by atoms with E-state index in [1.54, 1.807) is 13.2 Å². The molecule has 0 saturated carbocycles. The van der Waals surface area contributed by atoms with E-state index >= 15 is 0 Å². The van der Waals surface area contributed by atoms with E-state index in [2.05, 4.69) is 13.8 Å². The summed E-state index contributed by atoms with van der Waals surface area (Å²) < 4.78 is 5.22. The first-order chi connectivity index (χ1) is 7.47. The van der Waals surface area contributed by atoms with Gasteiger partial charge in [0, 0.05) is 5.56 Å². The summed E-state index contributed by atoms with van der Waals surface area (Å²) in [5.74, 6) is 0.445. The molecule has 0 aliphatic carbocycles. The van der Waals surface area contributed by atoms with E-state index in [4.69, 9.17) is 16.2 Å². The molecule has 0 bridgehead atoms. The minimum absolute atomic E-state index is 0.396. The van der Waals surface area contributed by atoms with Gasteiger partial charge in [-0.2, -0.15) is 0 Å². The lowest BCUT2D eigenvalue weighted by Gasteiger charge is -2.15. The Morgan fingerprint density at radius 1 is 1.38 bits per heavy atom. The Labute approximate surface area is 95.6 Å². The molecule has 0 heterocycles. The van der Waals surface area contributed by atoms with E-state index in [1.807, 2.05) is 12.1 Å². The van der Waals surface area contributed by atoms with Crippen molar-refractivity contribution in [2.45, 2.75) is 25.8 Å². The second-order valence-corrected chi connectivity index (χ2v) is 4.04. The molecule has 1 unspecified atom stereocenters. The van der Waals surface area contributed by atoms with Crippen molar-refractivity contribution < 1.29 is 9.53 Å². The van der Waals surface area contributed by atoms with Crippen LogP contribution in [0.3, 0.4) is 0 Å². The zero-order valence-corrected chi connectivity index (χ0v) is 9.86. The molecular weight excluding hydrogens is 204 g/mol. The van der Waals surface area contributed by atoms with Gasteiger partial charge in [0.1, 0.15) is 11.8 Å². The molecule has 0 radical (unpaired) electrons. The van der Waals surface area contributed by atoms with Crippen molar-refractivity contribution in [2.75, 3.05) is 7.11 Å². The number of benzene rings is 1. The number of hydrogen-bond acceptors (Lipinski definition) is 3.